The van der Waals surface area contributed by atoms with Gasteiger partial charge in [0.25, 0.3) is 5.91 Å². The number of carbonyl (C=O) groups excluding carboxylic acids is 1. The third kappa shape index (κ3) is 4.51. The van der Waals surface area contributed by atoms with Gasteiger partial charge in [-0.25, -0.2) is 8.42 Å². The zero-order valence-corrected chi connectivity index (χ0v) is 19.4. The fraction of sp³-hybridized carbons (Fsp3) is 0.360. The first-order valence-corrected chi connectivity index (χ1v) is 12.9. The van der Waals surface area contributed by atoms with Crippen LogP contribution in [0, 0.1) is 0 Å². The van der Waals surface area contributed by atoms with Crippen molar-refractivity contribution < 1.29 is 13.2 Å². The summed E-state index contributed by atoms with van der Waals surface area (Å²) in [4.78, 5) is 22.0. The number of aromatic nitrogens is 1. The molecule has 0 radical (unpaired) electrons. The predicted molar refractivity (Wildman–Crippen MR) is 127 cm³/mol. The Hall–Kier alpha value is -2.81. The lowest BCUT2D eigenvalue weighted by molar-refractivity contribution is 0.0628. The second kappa shape index (κ2) is 9.21. The Balaban J connectivity index is 1.25. The van der Waals surface area contributed by atoms with Gasteiger partial charge >= 0.3 is 0 Å². The van der Waals surface area contributed by atoms with Crippen LogP contribution in [0.3, 0.4) is 0 Å². The molecule has 0 saturated carbocycles. The highest BCUT2D eigenvalue weighted by Crippen LogP contribution is 2.23. The standard InChI is InChI=1S/C25H28N4O3S/c30-25(21-7-4-10-23(18-21)33(31,32)29-12-1-2-13-29)28-16-14-27(15-17-28)19-22-8-3-6-20-9-5-11-26-24(20)22/h3-11,18H,1-2,12-17,19H2. The maximum absolute atomic E-state index is 13.1. The molecule has 2 aliphatic heterocycles. The first-order valence-electron chi connectivity index (χ1n) is 11.5. The largest absolute Gasteiger partial charge is 0.336 e. The van der Waals surface area contributed by atoms with E-state index in [0.717, 1.165) is 43.4 Å². The molecule has 3 heterocycles. The van der Waals surface area contributed by atoms with Crippen LogP contribution in [-0.4, -0.2) is 72.7 Å². The van der Waals surface area contributed by atoms with Crippen LogP contribution in [0.5, 0.6) is 0 Å². The van der Waals surface area contributed by atoms with E-state index in [1.807, 2.05) is 17.2 Å². The monoisotopic (exact) mass is 464 g/mol. The smallest absolute Gasteiger partial charge is 0.253 e. The zero-order chi connectivity index (χ0) is 22.8. The average Bonchev–Trinajstić information content (AvgIpc) is 3.41. The van der Waals surface area contributed by atoms with Gasteiger partial charge in [0.05, 0.1) is 10.4 Å². The molecule has 8 heteroatoms. The van der Waals surface area contributed by atoms with Crippen molar-refractivity contribution in [3.63, 3.8) is 0 Å². The molecule has 1 aromatic heterocycles. The fourth-order valence-electron chi connectivity index (χ4n) is 4.69. The molecule has 2 aliphatic rings. The van der Waals surface area contributed by atoms with Gasteiger partial charge < -0.3 is 4.90 Å². The van der Waals surface area contributed by atoms with Gasteiger partial charge in [-0.05, 0) is 42.7 Å². The zero-order valence-electron chi connectivity index (χ0n) is 18.6. The van der Waals surface area contributed by atoms with Gasteiger partial charge in [0, 0.05) is 63.0 Å². The minimum Gasteiger partial charge on any atom is -0.336 e. The number of hydrogen-bond donors (Lipinski definition) is 0. The first kappa shape index (κ1) is 22.0. The topological polar surface area (TPSA) is 73.8 Å². The number of para-hydroxylation sites is 1. The first-order chi connectivity index (χ1) is 16.0. The Morgan fingerprint density at radius 2 is 1.61 bits per heavy atom. The minimum absolute atomic E-state index is 0.111. The molecule has 1 amide bonds. The van der Waals surface area contributed by atoms with Crippen LogP contribution in [0.15, 0.2) is 65.7 Å². The highest BCUT2D eigenvalue weighted by Gasteiger charge is 2.29. The Bertz CT molecular complexity index is 1260. The molecule has 0 atom stereocenters. The predicted octanol–water partition coefficient (Wildman–Crippen LogP) is 2.98. The summed E-state index contributed by atoms with van der Waals surface area (Å²) in [6, 6.07) is 16.7. The number of pyridine rings is 1. The van der Waals surface area contributed by atoms with Crippen LogP contribution >= 0.6 is 0 Å². The number of nitrogens with zero attached hydrogens (tertiary/aromatic N) is 4. The summed E-state index contributed by atoms with van der Waals surface area (Å²) in [5.41, 5.74) is 2.64. The second-order valence-electron chi connectivity index (χ2n) is 8.70. The fourth-order valence-corrected chi connectivity index (χ4v) is 6.26. The Morgan fingerprint density at radius 3 is 2.39 bits per heavy atom. The van der Waals surface area contributed by atoms with Crippen LogP contribution in [-0.2, 0) is 16.6 Å². The van der Waals surface area contributed by atoms with Crippen LogP contribution in [0.2, 0.25) is 0 Å². The summed E-state index contributed by atoms with van der Waals surface area (Å²) in [5, 5.41) is 1.13. The highest BCUT2D eigenvalue weighted by atomic mass is 32.2. The third-order valence-electron chi connectivity index (χ3n) is 6.55. The van der Waals surface area contributed by atoms with Crippen LogP contribution in [0.1, 0.15) is 28.8 Å². The number of sulfonamides is 1. The number of piperazine rings is 1. The SMILES string of the molecule is O=C(c1cccc(S(=O)(=O)N2CCCC2)c1)N1CCN(Cc2cccc3cccnc23)CC1. The molecule has 33 heavy (non-hydrogen) atoms. The summed E-state index contributed by atoms with van der Waals surface area (Å²) in [6.07, 6.45) is 3.59. The van der Waals surface area contributed by atoms with E-state index in [1.54, 1.807) is 18.2 Å². The van der Waals surface area contributed by atoms with Gasteiger partial charge in [0.15, 0.2) is 0 Å². The number of hydrogen-bond acceptors (Lipinski definition) is 5. The summed E-state index contributed by atoms with van der Waals surface area (Å²) in [6.45, 7) is 4.64. The van der Waals surface area contributed by atoms with E-state index in [1.165, 1.54) is 15.9 Å². The molecule has 0 spiro atoms. The Labute approximate surface area is 194 Å². The van der Waals surface area contributed by atoms with Crippen LogP contribution in [0.4, 0.5) is 0 Å². The van der Waals surface area contributed by atoms with Crippen LogP contribution < -0.4 is 0 Å². The van der Waals surface area contributed by atoms with Crippen molar-refractivity contribution in [2.24, 2.45) is 0 Å². The van der Waals surface area contributed by atoms with Gasteiger partial charge in [-0.1, -0.05) is 30.3 Å². The number of fused-ring (bicyclic) bond motifs is 1. The molecular weight excluding hydrogens is 436 g/mol. The molecule has 0 unspecified atom stereocenters. The van der Waals surface area contributed by atoms with E-state index in [2.05, 4.69) is 34.1 Å². The summed E-state index contributed by atoms with van der Waals surface area (Å²) < 4.78 is 27.3. The maximum atomic E-state index is 13.1. The van der Waals surface area contributed by atoms with E-state index in [0.29, 0.717) is 31.7 Å². The van der Waals surface area contributed by atoms with E-state index in [9.17, 15) is 13.2 Å². The number of amides is 1. The van der Waals surface area contributed by atoms with Crippen LogP contribution in [0.25, 0.3) is 10.9 Å². The molecule has 5 rings (SSSR count). The van der Waals surface area contributed by atoms with Crippen molar-refractivity contribution in [1.82, 2.24) is 19.1 Å². The highest BCUT2D eigenvalue weighted by molar-refractivity contribution is 7.89. The molecule has 2 saturated heterocycles. The molecule has 172 valence electrons. The molecule has 7 nitrogen and oxygen atoms in total. The van der Waals surface area contributed by atoms with Crippen molar-refractivity contribution in [2.45, 2.75) is 24.3 Å². The molecule has 2 fully saturated rings. The van der Waals surface area contributed by atoms with Gasteiger partial charge in [0.1, 0.15) is 0 Å². The lowest BCUT2D eigenvalue weighted by Gasteiger charge is -2.35. The molecule has 0 bridgehead atoms. The van der Waals surface area contributed by atoms with E-state index in [4.69, 9.17) is 0 Å². The Morgan fingerprint density at radius 1 is 0.879 bits per heavy atom. The minimum atomic E-state index is -3.54. The van der Waals surface area contributed by atoms with Gasteiger partial charge in [-0.15, -0.1) is 0 Å². The van der Waals surface area contributed by atoms with Gasteiger partial charge in [-0.2, -0.15) is 4.31 Å². The van der Waals surface area contributed by atoms with E-state index < -0.39 is 10.0 Å². The van der Waals surface area contributed by atoms with Crippen molar-refractivity contribution in [2.75, 3.05) is 39.3 Å². The molecular formula is C25H28N4O3S. The lowest BCUT2D eigenvalue weighted by atomic mass is 10.1. The quantitative estimate of drug-likeness (QED) is 0.580. The van der Waals surface area contributed by atoms with Crippen molar-refractivity contribution in [3.8, 4) is 0 Å². The Kier molecular flexibility index (Phi) is 6.14. The number of rotatable bonds is 5. The summed E-state index contributed by atoms with van der Waals surface area (Å²) >= 11 is 0. The molecule has 0 aliphatic carbocycles. The van der Waals surface area contributed by atoms with Crippen molar-refractivity contribution in [1.29, 1.82) is 0 Å². The normalized spacial score (nSPS) is 18.1. The second-order valence-corrected chi connectivity index (χ2v) is 10.6. The van der Waals surface area contributed by atoms with Gasteiger partial charge in [0.2, 0.25) is 10.0 Å². The third-order valence-corrected chi connectivity index (χ3v) is 8.45. The maximum Gasteiger partial charge on any atom is 0.253 e. The van der Waals surface area contributed by atoms with Crippen molar-refractivity contribution >= 4 is 26.8 Å². The van der Waals surface area contributed by atoms with E-state index >= 15 is 0 Å². The van der Waals surface area contributed by atoms with E-state index in [-0.39, 0.29) is 10.8 Å². The van der Waals surface area contributed by atoms with Crippen molar-refractivity contribution in [3.05, 3.63) is 71.9 Å². The number of benzene rings is 2. The number of carbonyl (C=O) groups is 1. The summed E-state index contributed by atoms with van der Waals surface area (Å²) in [5.74, 6) is -0.111. The molecule has 2 aromatic carbocycles. The average molecular weight is 465 g/mol. The molecule has 0 N–H and O–H groups in total. The lowest BCUT2D eigenvalue weighted by Crippen LogP contribution is -2.48. The van der Waals surface area contributed by atoms with Gasteiger partial charge in [-0.3, -0.25) is 14.7 Å². The summed E-state index contributed by atoms with van der Waals surface area (Å²) in [7, 11) is -3.54. The molecule has 3 aromatic rings.